The number of carbonyl (C=O) groups is 1. The van der Waals surface area contributed by atoms with Gasteiger partial charge in [-0.05, 0) is 12.8 Å². The Bertz CT molecular complexity index is 468. The van der Waals surface area contributed by atoms with Crippen LogP contribution < -0.4 is 0 Å². The molecule has 0 aliphatic rings. The third-order valence-electron chi connectivity index (χ3n) is 7.93. The fourth-order valence-electron chi connectivity index (χ4n) is 5.27. The van der Waals surface area contributed by atoms with Crippen molar-refractivity contribution in [2.75, 3.05) is 19.8 Å². The Balaban J connectivity index is 3.39. The molecule has 234 valence electrons. The zero-order chi connectivity index (χ0) is 28.5. The monoisotopic (exact) mass is 555 g/mol. The van der Waals surface area contributed by atoms with Crippen molar-refractivity contribution in [3.63, 3.8) is 0 Å². The van der Waals surface area contributed by atoms with Crippen LogP contribution in [0.4, 0.5) is 0 Å². The van der Waals surface area contributed by atoms with Crippen LogP contribution in [-0.4, -0.2) is 37.0 Å². The van der Waals surface area contributed by atoms with Crippen LogP contribution in [0.1, 0.15) is 194 Å². The normalized spacial score (nSPS) is 12.2. The van der Waals surface area contributed by atoms with Gasteiger partial charge in [0.25, 0.3) is 0 Å². The summed E-state index contributed by atoms with van der Waals surface area (Å²) in [4.78, 5) is 12.1. The molecule has 0 aromatic carbocycles. The van der Waals surface area contributed by atoms with Crippen LogP contribution in [0.25, 0.3) is 0 Å². The third-order valence-corrected chi connectivity index (χ3v) is 7.93. The van der Waals surface area contributed by atoms with Crippen molar-refractivity contribution in [3.05, 3.63) is 0 Å². The molecule has 0 heterocycles. The van der Waals surface area contributed by atoms with Crippen LogP contribution in [0, 0.1) is 0 Å². The molecule has 1 N–H and O–H groups in total. The van der Waals surface area contributed by atoms with E-state index in [2.05, 4.69) is 13.8 Å². The van der Waals surface area contributed by atoms with E-state index in [1.165, 1.54) is 154 Å². The first-order valence-electron chi connectivity index (χ1n) is 17.6. The standard InChI is InChI=1S/C35H70O4/c1-3-5-7-9-11-13-15-17-18-19-20-22-24-26-28-30-35(37)39-34(32-36)33-38-31-29-27-25-23-21-16-14-12-10-8-6-4-2/h34,36H,3-33H2,1-2H3. The van der Waals surface area contributed by atoms with Crippen molar-refractivity contribution in [2.24, 2.45) is 0 Å². The van der Waals surface area contributed by atoms with E-state index in [0.29, 0.717) is 19.6 Å². The van der Waals surface area contributed by atoms with Gasteiger partial charge in [-0.1, -0.05) is 174 Å². The van der Waals surface area contributed by atoms with Gasteiger partial charge in [-0.15, -0.1) is 0 Å². The van der Waals surface area contributed by atoms with Gasteiger partial charge in [-0.25, -0.2) is 0 Å². The maximum absolute atomic E-state index is 12.1. The van der Waals surface area contributed by atoms with Gasteiger partial charge in [0.1, 0.15) is 6.10 Å². The second-order valence-corrected chi connectivity index (χ2v) is 12.0. The molecule has 0 aliphatic heterocycles. The Morgan fingerprint density at radius 1 is 0.513 bits per heavy atom. The van der Waals surface area contributed by atoms with E-state index < -0.39 is 6.10 Å². The van der Waals surface area contributed by atoms with Crippen LogP contribution in [-0.2, 0) is 14.3 Å². The maximum atomic E-state index is 12.1. The molecule has 0 bridgehead atoms. The van der Waals surface area contributed by atoms with Crippen LogP contribution in [0.3, 0.4) is 0 Å². The molecule has 0 amide bonds. The summed E-state index contributed by atoms with van der Waals surface area (Å²) < 4.78 is 11.1. The van der Waals surface area contributed by atoms with Crippen LogP contribution >= 0.6 is 0 Å². The molecule has 0 aromatic heterocycles. The van der Waals surface area contributed by atoms with E-state index in [1.54, 1.807) is 0 Å². The van der Waals surface area contributed by atoms with Crippen LogP contribution in [0.15, 0.2) is 0 Å². The zero-order valence-corrected chi connectivity index (χ0v) is 26.7. The predicted octanol–water partition coefficient (Wildman–Crippen LogP) is 10.9. The Morgan fingerprint density at radius 3 is 1.21 bits per heavy atom. The number of aliphatic hydroxyl groups is 1. The molecule has 4 heteroatoms. The number of esters is 1. The molecular formula is C35H70O4. The second kappa shape index (κ2) is 33.6. The molecule has 4 nitrogen and oxygen atoms in total. The number of unbranched alkanes of at least 4 members (excludes halogenated alkanes) is 25. The van der Waals surface area contributed by atoms with Gasteiger partial charge in [-0.2, -0.15) is 0 Å². The van der Waals surface area contributed by atoms with Gasteiger partial charge in [0.2, 0.25) is 0 Å². The molecule has 0 aromatic rings. The van der Waals surface area contributed by atoms with Crippen molar-refractivity contribution in [3.8, 4) is 0 Å². The lowest BCUT2D eigenvalue weighted by molar-refractivity contribution is -0.154. The molecule has 1 unspecified atom stereocenters. The van der Waals surface area contributed by atoms with E-state index in [-0.39, 0.29) is 12.6 Å². The molecule has 0 aliphatic carbocycles. The largest absolute Gasteiger partial charge is 0.457 e. The van der Waals surface area contributed by atoms with E-state index in [4.69, 9.17) is 9.47 Å². The predicted molar refractivity (Wildman–Crippen MR) is 168 cm³/mol. The van der Waals surface area contributed by atoms with Gasteiger partial charge in [0.15, 0.2) is 0 Å². The lowest BCUT2D eigenvalue weighted by atomic mass is 10.0. The van der Waals surface area contributed by atoms with E-state index in [9.17, 15) is 9.90 Å². The van der Waals surface area contributed by atoms with Gasteiger partial charge >= 0.3 is 5.97 Å². The van der Waals surface area contributed by atoms with Crippen molar-refractivity contribution >= 4 is 5.97 Å². The summed E-state index contributed by atoms with van der Waals surface area (Å²) in [6, 6.07) is 0. The third kappa shape index (κ3) is 31.8. The minimum Gasteiger partial charge on any atom is -0.457 e. The highest BCUT2D eigenvalue weighted by Crippen LogP contribution is 2.15. The number of rotatable bonds is 33. The van der Waals surface area contributed by atoms with Crippen molar-refractivity contribution in [2.45, 2.75) is 200 Å². The smallest absolute Gasteiger partial charge is 0.306 e. The summed E-state index contributed by atoms with van der Waals surface area (Å²) >= 11 is 0. The molecule has 1 atom stereocenters. The number of hydrogen-bond donors (Lipinski definition) is 1. The van der Waals surface area contributed by atoms with Gasteiger partial charge in [-0.3, -0.25) is 4.79 Å². The highest BCUT2D eigenvalue weighted by Gasteiger charge is 2.13. The minimum atomic E-state index is -0.522. The van der Waals surface area contributed by atoms with E-state index >= 15 is 0 Å². The number of hydrogen-bond acceptors (Lipinski definition) is 4. The molecule has 0 radical (unpaired) electrons. The quantitative estimate of drug-likeness (QED) is 0.0647. The van der Waals surface area contributed by atoms with Gasteiger partial charge < -0.3 is 14.6 Å². The number of ether oxygens (including phenoxy) is 2. The molecule has 0 spiro atoms. The van der Waals surface area contributed by atoms with Gasteiger partial charge in [0, 0.05) is 13.0 Å². The topological polar surface area (TPSA) is 55.8 Å². The minimum absolute atomic E-state index is 0.164. The lowest BCUT2D eigenvalue weighted by Gasteiger charge is -2.16. The fraction of sp³-hybridized carbons (Fsp3) is 0.971. The highest BCUT2D eigenvalue weighted by atomic mass is 16.6. The second-order valence-electron chi connectivity index (χ2n) is 12.0. The zero-order valence-electron chi connectivity index (χ0n) is 26.7. The van der Waals surface area contributed by atoms with E-state index in [1.807, 2.05) is 0 Å². The molecule has 0 fully saturated rings. The fourth-order valence-corrected chi connectivity index (χ4v) is 5.27. The lowest BCUT2D eigenvalue weighted by Crippen LogP contribution is -2.27. The Kier molecular flexibility index (Phi) is 33.1. The van der Waals surface area contributed by atoms with Gasteiger partial charge in [0.05, 0.1) is 13.2 Å². The van der Waals surface area contributed by atoms with Crippen LogP contribution in [0.5, 0.6) is 0 Å². The first-order chi connectivity index (χ1) is 19.2. The number of carbonyl (C=O) groups excluding carboxylic acids is 1. The van der Waals surface area contributed by atoms with Crippen molar-refractivity contribution in [1.82, 2.24) is 0 Å². The summed E-state index contributed by atoms with van der Waals surface area (Å²) in [5.74, 6) is -0.197. The average molecular weight is 555 g/mol. The highest BCUT2D eigenvalue weighted by molar-refractivity contribution is 5.69. The molecule has 0 saturated carbocycles. The summed E-state index contributed by atoms with van der Waals surface area (Å²) in [5.41, 5.74) is 0. The summed E-state index contributed by atoms with van der Waals surface area (Å²) in [7, 11) is 0. The first-order valence-corrected chi connectivity index (χ1v) is 17.6. The Labute approximate surface area is 244 Å². The molecule has 0 saturated heterocycles. The number of aliphatic hydroxyl groups excluding tert-OH is 1. The molecule has 0 rings (SSSR count). The summed E-state index contributed by atoms with van der Waals surface area (Å²) in [6.07, 6.45) is 35.6. The molecule has 39 heavy (non-hydrogen) atoms. The van der Waals surface area contributed by atoms with Crippen molar-refractivity contribution in [1.29, 1.82) is 0 Å². The molecular weight excluding hydrogens is 484 g/mol. The Morgan fingerprint density at radius 2 is 0.846 bits per heavy atom. The van der Waals surface area contributed by atoms with Crippen LogP contribution in [0.2, 0.25) is 0 Å². The summed E-state index contributed by atoms with van der Waals surface area (Å²) in [6.45, 7) is 5.38. The average Bonchev–Trinajstić information content (AvgIpc) is 2.94. The van der Waals surface area contributed by atoms with E-state index in [0.717, 1.165) is 19.3 Å². The Hall–Kier alpha value is -0.610. The maximum Gasteiger partial charge on any atom is 0.306 e. The van der Waals surface area contributed by atoms with Crippen molar-refractivity contribution < 1.29 is 19.4 Å². The summed E-state index contributed by atoms with van der Waals surface area (Å²) in [5, 5.41) is 9.53. The SMILES string of the molecule is CCCCCCCCCCCCCCCCCC(=O)OC(CO)COCCCCCCCCCCCCCC. The first kappa shape index (κ1) is 38.4.